The van der Waals surface area contributed by atoms with E-state index >= 15 is 0 Å². The van der Waals surface area contributed by atoms with Gasteiger partial charge in [0.1, 0.15) is 0 Å². The fourth-order valence-corrected chi connectivity index (χ4v) is 4.28. The lowest BCUT2D eigenvalue weighted by molar-refractivity contribution is -0.175. The maximum atomic E-state index is 12.8. The second-order valence-electron chi connectivity index (χ2n) is 8.21. The molecule has 2 aliphatic rings. The van der Waals surface area contributed by atoms with Gasteiger partial charge in [-0.15, -0.1) is 0 Å². The first kappa shape index (κ1) is 20.2. The lowest BCUT2D eigenvalue weighted by Gasteiger charge is -2.48. The van der Waals surface area contributed by atoms with Crippen LogP contribution in [0.4, 0.5) is 13.2 Å². The monoisotopic (exact) mass is 386 g/mol. The van der Waals surface area contributed by atoms with Crippen LogP contribution in [0.25, 0.3) is 0 Å². The third-order valence-corrected chi connectivity index (χ3v) is 6.16. The number of aromatic nitrogens is 2. The summed E-state index contributed by atoms with van der Waals surface area (Å²) in [7, 11) is 0. The summed E-state index contributed by atoms with van der Waals surface area (Å²) < 4.78 is 40.4. The molecule has 1 atom stereocenters. The average molecular weight is 386 g/mol. The van der Waals surface area contributed by atoms with Crippen molar-refractivity contribution in [2.75, 3.05) is 32.7 Å². The first-order valence-electron chi connectivity index (χ1n) is 9.80. The molecule has 5 nitrogen and oxygen atoms in total. The lowest BCUT2D eigenvalue weighted by Crippen LogP contribution is -2.52. The zero-order valence-corrected chi connectivity index (χ0v) is 15.9. The number of carbonyl (C=O) groups is 1. The van der Waals surface area contributed by atoms with Gasteiger partial charge in [-0.3, -0.25) is 4.79 Å². The summed E-state index contributed by atoms with van der Waals surface area (Å²) in [5.74, 6) is -1.08. The molecular formula is C19H29F3N4O. The fraction of sp³-hybridized carbons (Fsp3) is 0.789. The minimum absolute atomic E-state index is 0.0765. The van der Waals surface area contributed by atoms with Gasteiger partial charge in [-0.1, -0.05) is 6.92 Å². The van der Waals surface area contributed by atoms with Gasteiger partial charge in [-0.2, -0.15) is 13.2 Å². The Morgan fingerprint density at radius 3 is 2.59 bits per heavy atom. The molecule has 1 aromatic rings. The molecule has 1 unspecified atom stereocenters. The number of halogens is 3. The van der Waals surface area contributed by atoms with Gasteiger partial charge in [0.2, 0.25) is 5.91 Å². The summed E-state index contributed by atoms with van der Waals surface area (Å²) in [5, 5.41) is 0. The fourth-order valence-electron chi connectivity index (χ4n) is 4.28. The number of likely N-dealkylation sites (tertiary alicyclic amines) is 2. The van der Waals surface area contributed by atoms with E-state index in [1.54, 1.807) is 12.5 Å². The van der Waals surface area contributed by atoms with E-state index in [2.05, 4.69) is 4.98 Å². The molecule has 1 spiro atoms. The smallest absolute Gasteiger partial charge is 0.342 e. The van der Waals surface area contributed by atoms with Gasteiger partial charge < -0.3 is 14.4 Å². The summed E-state index contributed by atoms with van der Waals surface area (Å²) in [4.78, 5) is 20.2. The molecule has 152 valence electrons. The molecule has 0 aliphatic carbocycles. The average Bonchev–Trinajstić information content (AvgIpc) is 3.13. The number of hydrogen-bond acceptors (Lipinski definition) is 3. The summed E-state index contributed by atoms with van der Waals surface area (Å²) >= 11 is 0. The number of amides is 1. The second kappa shape index (κ2) is 8.20. The van der Waals surface area contributed by atoms with Crippen LogP contribution in [0, 0.1) is 11.3 Å². The number of alkyl halides is 3. The van der Waals surface area contributed by atoms with Crippen LogP contribution in [0.2, 0.25) is 0 Å². The van der Waals surface area contributed by atoms with Crippen LogP contribution in [0.15, 0.2) is 18.7 Å². The predicted molar refractivity (Wildman–Crippen MR) is 96.0 cm³/mol. The van der Waals surface area contributed by atoms with Gasteiger partial charge in [-0.25, -0.2) is 4.98 Å². The lowest BCUT2D eigenvalue weighted by atomic mass is 9.72. The Bertz CT molecular complexity index is 609. The molecule has 8 heteroatoms. The minimum Gasteiger partial charge on any atom is -0.342 e. The van der Waals surface area contributed by atoms with Crippen LogP contribution >= 0.6 is 0 Å². The van der Waals surface area contributed by atoms with Crippen molar-refractivity contribution in [3.63, 3.8) is 0 Å². The largest absolute Gasteiger partial charge is 0.392 e. The summed E-state index contributed by atoms with van der Waals surface area (Å²) in [6.07, 6.45) is 5.37. The van der Waals surface area contributed by atoms with E-state index in [1.165, 1.54) is 6.92 Å². The van der Waals surface area contributed by atoms with Gasteiger partial charge in [-0.05, 0) is 44.2 Å². The van der Waals surface area contributed by atoms with Crippen LogP contribution in [-0.2, 0) is 11.3 Å². The van der Waals surface area contributed by atoms with Crippen molar-refractivity contribution in [1.82, 2.24) is 19.4 Å². The van der Waals surface area contributed by atoms with Gasteiger partial charge in [0.05, 0.1) is 12.2 Å². The summed E-state index contributed by atoms with van der Waals surface area (Å²) in [5.41, 5.74) is 0.0842. The van der Waals surface area contributed by atoms with Crippen molar-refractivity contribution in [1.29, 1.82) is 0 Å². The molecule has 1 amide bonds. The molecule has 3 heterocycles. The SMILES string of the molecule is CC(CN1CCC2(CCC(=O)N(CCCn3ccnc3)C2)CC1)C(F)(F)F. The Hall–Kier alpha value is -1.57. The molecule has 0 N–H and O–H groups in total. The van der Waals surface area contributed by atoms with Crippen LogP contribution in [0.3, 0.4) is 0 Å². The van der Waals surface area contributed by atoms with E-state index < -0.39 is 12.1 Å². The van der Waals surface area contributed by atoms with Crippen LogP contribution in [-0.4, -0.2) is 64.2 Å². The molecule has 27 heavy (non-hydrogen) atoms. The molecule has 3 rings (SSSR count). The van der Waals surface area contributed by atoms with Crippen molar-refractivity contribution in [3.8, 4) is 0 Å². The highest BCUT2D eigenvalue weighted by molar-refractivity contribution is 5.77. The molecule has 2 saturated heterocycles. The molecule has 2 aliphatic heterocycles. The summed E-state index contributed by atoms with van der Waals surface area (Å²) in [6.45, 7) is 5.03. The highest BCUT2D eigenvalue weighted by atomic mass is 19.4. The van der Waals surface area contributed by atoms with Gasteiger partial charge in [0.25, 0.3) is 0 Å². The number of hydrogen-bond donors (Lipinski definition) is 0. The third-order valence-electron chi connectivity index (χ3n) is 6.16. The minimum atomic E-state index is -4.13. The first-order valence-corrected chi connectivity index (χ1v) is 9.80. The third kappa shape index (κ3) is 5.24. The quantitative estimate of drug-likeness (QED) is 0.754. The highest BCUT2D eigenvalue weighted by Gasteiger charge is 2.42. The Morgan fingerprint density at radius 1 is 1.22 bits per heavy atom. The molecular weight excluding hydrogens is 357 g/mol. The number of aryl methyl sites for hydroxylation is 1. The van der Waals surface area contributed by atoms with E-state index in [1.807, 2.05) is 20.6 Å². The number of piperidine rings is 2. The van der Waals surface area contributed by atoms with Crippen molar-refractivity contribution >= 4 is 5.91 Å². The van der Waals surface area contributed by atoms with E-state index in [-0.39, 0.29) is 17.9 Å². The van der Waals surface area contributed by atoms with Gasteiger partial charge in [0, 0.05) is 45.0 Å². The second-order valence-corrected chi connectivity index (χ2v) is 8.21. The van der Waals surface area contributed by atoms with Crippen LogP contribution < -0.4 is 0 Å². The predicted octanol–water partition coefficient (Wildman–Crippen LogP) is 3.18. The number of carbonyl (C=O) groups excluding carboxylic acids is 1. The number of nitrogens with zero attached hydrogens (tertiary/aromatic N) is 4. The standard InChI is InChI=1S/C19H29F3N4O/c1-16(19(20,21)22)13-24-10-5-18(6-11-24)4-3-17(27)26(14-18)9-2-8-25-12-7-23-15-25/h7,12,15-16H,2-6,8-11,13-14H2,1H3. The van der Waals surface area contributed by atoms with E-state index in [0.29, 0.717) is 19.5 Å². The highest BCUT2D eigenvalue weighted by Crippen LogP contribution is 2.40. The molecule has 0 radical (unpaired) electrons. The van der Waals surface area contributed by atoms with Crippen LogP contribution in [0.1, 0.15) is 39.0 Å². The van der Waals surface area contributed by atoms with Crippen molar-refractivity contribution in [2.24, 2.45) is 11.3 Å². The Balaban J connectivity index is 1.48. The van der Waals surface area contributed by atoms with Crippen LogP contribution in [0.5, 0.6) is 0 Å². The topological polar surface area (TPSA) is 41.4 Å². The number of imidazole rings is 1. The Labute approximate surface area is 158 Å². The van der Waals surface area contributed by atoms with Crippen molar-refractivity contribution < 1.29 is 18.0 Å². The molecule has 0 aromatic carbocycles. The van der Waals surface area contributed by atoms with E-state index in [9.17, 15) is 18.0 Å². The van der Waals surface area contributed by atoms with E-state index in [0.717, 1.165) is 45.3 Å². The maximum Gasteiger partial charge on any atom is 0.392 e. The first-order chi connectivity index (χ1) is 12.8. The Kier molecular flexibility index (Phi) is 6.13. The Morgan fingerprint density at radius 2 is 1.96 bits per heavy atom. The normalized spacial score (nSPS) is 22.4. The zero-order chi connectivity index (χ0) is 19.5. The molecule has 2 fully saturated rings. The molecule has 0 saturated carbocycles. The molecule has 1 aromatic heterocycles. The van der Waals surface area contributed by atoms with Crippen molar-refractivity contribution in [3.05, 3.63) is 18.7 Å². The summed E-state index contributed by atoms with van der Waals surface area (Å²) in [6, 6.07) is 0. The molecule has 0 bridgehead atoms. The zero-order valence-electron chi connectivity index (χ0n) is 15.9. The van der Waals surface area contributed by atoms with Gasteiger partial charge in [0.15, 0.2) is 0 Å². The van der Waals surface area contributed by atoms with Gasteiger partial charge >= 0.3 is 6.18 Å². The number of rotatable bonds is 6. The van der Waals surface area contributed by atoms with Crippen molar-refractivity contribution in [2.45, 2.75) is 51.7 Å². The van der Waals surface area contributed by atoms with E-state index in [4.69, 9.17) is 0 Å². The maximum absolute atomic E-state index is 12.8.